The van der Waals surface area contributed by atoms with Gasteiger partial charge < -0.3 is 0 Å². The van der Waals surface area contributed by atoms with Crippen molar-refractivity contribution in [2.75, 3.05) is 0 Å². The van der Waals surface area contributed by atoms with E-state index in [4.69, 9.17) is 0 Å². The number of aromatic nitrogens is 4. The summed E-state index contributed by atoms with van der Waals surface area (Å²) in [6.45, 7) is 3.63. The molecule has 0 unspecified atom stereocenters. The first-order valence-electron chi connectivity index (χ1n) is 4.52. The van der Waals surface area contributed by atoms with Gasteiger partial charge in [-0.05, 0) is 13.8 Å². The quantitative estimate of drug-likeness (QED) is 0.684. The molecule has 0 aliphatic carbocycles. The van der Waals surface area contributed by atoms with Gasteiger partial charge in [-0.25, -0.2) is 9.67 Å². The summed E-state index contributed by atoms with van der Waals surface area (Å²) in [6, 6.07) is 0. The van der Waals surface area contributed by atoms with Crippen LogP contribution in [0.1, 0.15) is 21.7 Å². The van der Waals surface area contributed by atoms with Gasteiger partial charge in [0.05, 0.1) is 23.1 Å². The van der Waals surface area contributed by atoms with Crippen LogP contribution in [-0.4, -0.2) is 26.0 Å². The van der Waals surface area contributed by atoms with Gasteiger partial charge in [-0.1, -0.05) is 0 Å². The Labute approximate surface area is 86.8 Å². The number of hydrogen-bond donors (Lipinski definition) is 0. The molecule has 0 aromatic carbocycles. The molecule has 0 radical (unpaired) electrons. The highest BCUT2D eigenvalue weighted by atomic mass is 16.1. The molecule has 0 aliphatic heterocycles. The Balaban J connectivity index is 2.60. The third kappa shape index (κ3) is 1.52. The maximum absolute atomic E-state index is 10.8. The fraction of sp³-hybridized carbons (Fsp3) is 0.200. The highest BCUT2D eigenvalue weighted by Gasteiger charge is 2.12. The van der Waals surface area contributed by atoms with Crippen LogP contribution < -0.4 is 0 Å². The highest BCUT2D eigenvalue weighted by Crippen LogP contribution is 2.13. The molecule has 0 saturated heterocycles. The van der Waals surface area contributed by atoms with E-state index in [2.05, 4.69) is 15.1 Å². The van der Waals surface area contributed by atoms with Crippen molar-refractivity contribution in [3.8, 4) is 5.82 Å². The largest absolute Gasteiger partial charge is 0.298 e. The van der Waals surface area contributed by atoms with Gasteiger partial charge in [0, 0.05) is 12.4 Å². The second-order valence-electron chi connectivity index (χ2n) is 3.18. The summed E-state index contributed by atoms with van der Waals surface area (Å²) in [6.07, 6.45) is 5.60. The molecule has 0 bridgehead atoms. The molecule has 2 aromatic heterocycles. The van der Waals surface area contributed by atoms with Gasteiger partial charge in [0.1, 0.15) is 0 Å². The molecule has 0 atom stereocenters. The van der Waals surface area contributed by atoms with Gasteiger partial charge in [-0.3, -0.25) is 9.78 Å². The van der Waals surface area contributed by atoms with E-state index >= 15 is 0 Å². The van der Waals surface area contributed by atoms with Crippen molar-refractivity contribution in [2.24, 2.45) is 0 Å². The summed E-state index contributed by atoms with van der Waals surface area (Å²) in [5, 5.41) is 4.23. The Hall–Kier alpha value is -2.04. The summed E-state index contributed by atoms with van der Waals surface area (Å²) in [5.74, 6) is 0.617. The molecule has 0 aliphatic rings. The Kier molecular flexibility index (Phi) is 2.29. The molecule has 76 valence electrons. The summed E-state index contributed by atoms with van der Waals surface area (Å²) in [5.41, 5.74) is 2.09. The van der Waals surface area contributed by atoms with Crippen LogP contribution >= 0.6 is 0 Å². The van der Waals surface area contributed by atoms with Crippen molar-refractivity contribution in [1.29, 1.82) is 0 Å². The van der Waals surface area contributed by atoms with E-state index in [1.54, 1.807) is 30.2 Å². The van der Waals surface area contributed by atoms with Gasteiger partial charge in [-0.2, -0.15) is 5.10 Å². The standard InChI is InChI=1S/C10H10N4O/c1-7-9(6-15)8(2)14(13-7)10-5-11-3-4-12-10/h3-6H,1-2H3. The Bertz CT molecular complexity index is 490. The van der Waals surface area contributed by atoms with Gasteiger partial charge >= 0.3 is 0 Å². The molecule has 5 heteroatoms. The van der Waals surface area contributed by atoms with E-state index in [0.717, 1.165) is 12.0 Å². The van der Waals surface area contributed by atoms with Gasteiger partial charge in [-0.15, -0.1) is 0 Å². The lowest BCUT2D eigenvalue weighted by Gasteiger charge is -2.00. The van der Waals surface area contributed by atoms with Crippen LogP contribution in [-0.2, 0) is 0 Å². The Morgan fingerprint density at radius 1 is 1.33 bits per heavy atom. The average molecular weight is 202 g/mol. The summed E-state index contributed by atoms with van der Waals surface area (Å²) < 4.78 is 1.62. The zero-order chi connectivity index (χ0) is 10.8. The van der Waals surface area contributed by atoms with E-state index in [9.17, 15) is 4.79 Å². The smallest absolute Gasteiger partial charge is 0.172 e. The molecule has 0 fully saturated rings. The van der Waals surface area contributed by atoms with Gasteiger partial charge in [0.15, 0.2) is 12.1 Å². The monoisotopic (exact) mass is 202 g/mol. The highest BCUT2D eigenvalue weighted by molar-refractivity contribution is 5.78. The van der Waals surface area contributed by atoms with Crippen molar-refractivity contribution in [2.45, 2.75) is 13.8 Å². The van der Waals surface area contributed by atoms with E-state index in [-0.39, 0.29) is 0 Å². The van der Waals surface area contributed by atoms with Crippen molar-refractivity contribution in [3.63, 3.8) is 0 Å². The molecule has 5 nitrogen and oxygen atoms in total. The molecular weight excluding hydrogens is 192 g/mol. The molecule has 0 spiro atoms. The average Bonchev–Trinajstić information content (AvgIpc) is 2.55. The lowest BCUT2D eigenvalue weighted by atomic mass is 10.2. The van der Waals surface area contributed by atoms with Crippen molar-refractivity contribution in [1.82, 2.24) is 19.7 Å². The lowest BCUT2D eigenvalue weighted by molar-refractivity contribution is 0.112. The van der Waals surface area contributed by atoms with Crippen LogP contribution in [0.15, 0.2) is 18.6 Å². The molecule has 0 saturated carbocycles. The number of hydrogen-bond acceptors (Lipinski definition) is 4. The predicted molar refractivity (Wildman–Crippen MR) is 54.0 cm³/mol. The molecular formula is C10H10N4O. The van der Waals surface area contributed by atoms with Crippen LogP contribution in [0.2, 0.25) is 0 Å². The van der Waals surface area contributed by atoms with Crippen molar-refractivity contribution in [3.05, 3.63) is 35.5 Å². The van der Waals surface area contributed by atoms with E-state index in [1.165, 1.54) is 0 Å². The number of aryl methyl sites for hydroxylation is 1. The fourth-order valence-electron chi connectivity index (χ4n) is 1.45. The van der Waals surface area contributed by atoms with Crippen LogP contribution in [0.4, 0.5) is 0 Å². The first-order valence-corrected chi connectivity index (χ1v) is 4.52. The van der Waals surface area contributed by atoms with Crippen LogP contribution in [0.5, 0.6) is 0 Å². The maximum atomic E-state index is 10.8. The van der Waals surface area contributed by atoms with Crippen LogP contribution in [0.3, 0.4) is 0 Å². The first kappa shape index (κ1) is 9.51. The number of nitrogens with zero attached hydrogens (tertiary/aromatic N) is 4. The summed E-state index contributed by atoms with van der Waals surface area (Å²) in [7, 11) is 0. The number of carbonyl (C=O) groups is 1. The topological polar surface area (TPSA) is 60.7 Å². The van der Waals surface area contributed by atoms with E-state index < -0.39 is 0 Å². The van der Waals surface area contributed by atoms with Crippen LogP contribution in [0, 0.1) is 13.8 Å². The maximum Gasteiger partial charge on any atom is 0.172 e. The minimum atomic E-state index is 0.612. The first-order chi connectivity index (χ1) is 7.24. The summed E-state index contributed by atoms with van der Waals surface area (Å²) >= 11 is 0. The molecule has 0 amide bonds. The van der Waals surface area contributed by atoms with Gasteiger partial charge in [0.25, 0.3) is 0 Å². The zero-order valence-electron chi connectivity index (χ0n) is 8.51. The Morgan fingerprint density at radius 2 is 2.13 bits per heavy atom. The number of aldehydes is 1. The van der Waals surface area contributed by atoms with Crippen molar-refractivity contribution >= 4 is 6.29 Å². The second kappa shape index (κ2) is 3.61. The SMILES string of the molecule is Cc1nn(-c2cnccn2)c(C)c1C=O. The van der Waals surface area contributed by atoms with Gasteiger partial charge in [0.2, 0.25) is 0 Å². The minimum Gasteiger partial charge on any atom is -0.298 e. The minimum absolute atomic E-state index is 0.612. The van der Waals surface area contributed by atoms with E-state index in [0.29, 0.717) is 17.1 Å². The molecule has 0 N–H and O–H groups in total. The molecule has 2 aromatic rings. The van der Waals surface area contributed by atoms with Crippen molar-refractivity contribution < 1.29 is 4.79 Å². The summed E-state index contributed by atoms with van der Waals surface area (Å²) in [4.78, 5) is 18.9. The zero-order valence-corrected chi connectivity index (χ0v) is 8.51. The third-order valence-corrected chi connectivity index (χ3v) is 2.23. The Morgan fingerprint density at radius 3 is 2.67 bits per heavy atom. The molecule has 2 heterocycles. The molecule has 2 rings (SSSR count). The number of carbonyl (C=O) groups excluding carboxylic acids is 1. The van der Waals surface area contributed by atoms with Crippen LogP contribution in [0.25, 0.3) is 5.82 Å². The fourth-order valence-corrected chi connectivity index (χ4v) is 1.45. The lowest BCUT2D eigenvalue weighted by Crippen LogP contribution is -2.02. The molecule has 15 heavy (non-hydrogen) atoms. The third-order valence-electron chi connectivity index (χ3n) is 2.23. The van der Waals surface area contributed by atoms with E-state index in [1.807, 2.05) is 6.92 Å². The second-order valence-corrected chi connectivity index (χ2v) is 3.18. The normalized spacial score (nSPS) is 10.3. The number of rotatable bonds is 2. The predicted octanol–water partition coefficient (Wildman–Crippen LogP) is 1.09.